The Kier molecular flexibility index (Phi) is 3.55. The summed E-state index contributed by atoms with van der Waals surface area (Å²) in [5.74, 6) is 0.560. The molecule has 1 aromatic rings. The minimum atomic E-state index is -0.0709. The van der Waals surface area contributed by atoms with Crippen molar-refractivity contribution >= 4 is 11.8 Å². The van der Waals surface area contributed by atoms with Crippen LogP contribution in [0.1, 0.15) is 25.3 Å². The van der Waals surface area contributed by atoms with E-state index in [1.54, 1.807) is 7.11 Å². The molecule has 0 N–H and O–H groups in total. The van der Waals surface area contributed by atoms with E-state index in [1.807, 2.05) is 13.2 Å². The number of aromatic nitrogens is 2. The van der Waals surface area contributed by atoms with E-state index in [4.69, 9.17) is 9.26 Å². The summed E-state index contributed by atoms with van der Waals surface area (Å²) in [6, 6.07) is 0. The maximum absolute atomic E-state index is 5.14. The van der Waals surface area contributed by atoms with Crippen molar-refractivity contribution in [1.82, 2.24) is 10.1 Å². The Bertz CT molecular complexity index is 235. The van der Waals surface area contributed by atoms with Gasteiger partial charge in [0.25, 0.3) is 5.89 Å². The summed E-state index contributed by atoms with van der Waals surface area (Å²) in [6.45, 7) is 2.01. The smallest absolute Gasteiger partial charge is 0.256 e. The van der Waals surface area contributed by atoms with Gasteiger partial charge in [-0.2, -0.15) is 4.98 Å². The molecule has 1 atom stereocenters. The molecule has 0 bridgehead atoms. The molecule has 0 saturated carbocycles. The van der Waals surface area contributed by atoms with Crippen LogP contribution < -0.4 is 0 Å². The average Bonchev–Trinajstić information content (AvgIpc) is 2.55. The van der Waals surface area contributed by atoms with Crippen molar-refractivity contribution < 1.29 is 9.26 Å². The standard InChI is InChI=1S/C7H12N2O2S/c1-4-5(10-2)6-8-7(12-3)9-11-6/h5H,4H2,1-3H3. The Morgan fingerprint density at radius 3 is 2.83 bits per heavy atom. The first-order valence-electron chi connectivity index (χ1n) is 3.72. The van der Waals surface area contributed by atoms with Crippen LogP contribution >= 0.6 is 11.8 Å². The van der Waals surface area contributed by atoms with Gasteiger partial charge in [-0.05, 0) is 12.7 Å². The summed E-state index contributed by atoms with van der Waals surface area (Å²) < 4.78 is 10.1. The maximum Gasteiger partial charge on any atom is 0.256 e. The normalized spacial score (nSPS) is 13.2. The van der Waals surface area contributed by atoms with Gasteiger partial charge in [0.05, 0.1) is 0 Å². The van der Waals surface area contributed by atoms with Crippen molar-refractivity contribution in [3.8, 4) is 0 Å². The first-order valence-corrected chi connectivity index (χ1v) is 4.94. The van der Waals surface area contributed by atoms with Gasteiger partial charge >= 0.3 is 0 Å². The predicted octanol–water partition coefficient (Wildman–Crippen LogP) is 1.89. The highest BCUT2D eigenvalue weighted by molar-refractivity contribution is 7.98. The van der Waals surface area contributed by atoms with Gasteiger partial charge in [-0.1, -0.05) is 23.8 Å². The monoisotopic (exact) mass is 188 g/mol. The molecule has 5 heteroatoms. The summed E-state index contributed by atoms with van der Waals surface area (Å²) >= 11 is 1.46. The average molecular weight is 188 g/mol. The first kappa shape index (κ1) is 9.54. The molecule has 0 aliphatic carbocycles. The number of hydrogen-bond acceptors (Lipinski definition) is 5. The summed E-state index contributed by atoms with van der Waals surface area (Å²) in [5.41, 5.74) is 0. The van der Waals surface area contributed by atoms with Crippen LogP contribution in [0.15, 0.2) is 9.68 Å². The minimum Gasteiger partial charge on any atom is -0.372 e. The molecule has 1 unspecified atom stereocenters. The van der Waals surface area contributed by atoms with E-state index in [9.17, 15) is 0 Å². The number of methoxy groups -OCH3 is 1. The van der Waals surface area contributed by atoms with Crippen LogP contribution in [0.4, 0.5) is 0 Å². The van der Waals surface area contributed by atoms with Crippen LogP contribution in [0.3, 0.4) is 0 Å². The molecule has 0 aromatic carbocycles. The van der Waals surface area contributed by atoms with Crippen molar-refractivity contribution in [2.75, 3.05) is 13.4 Å². The van der Waals surface area contributed by atoms with Gasteiger partial charge in [0, 0.05) is 7.11 Å². The predicted molar refractivity (Wildman–Crippen MR) is 46.1 cm³/mol. The van der Waals surface area contributed by atoms with E-state index in [0.717, 1.165) is 6.42 Å². The molecule has 0 saturated heterocycles. The second kappa shape index (κ2) is 4.47. The second-order valence-electron chi connectivity index (χ2n) is 2.25. The zero-order valence-electron chi connectivity index (χ0n) is 7.40. The topological polar surface area (TPSA) is 48.2 Å². The Balaban J connectivity index is 2.72. The molecule has 68 valence electrons. The van der Waals surface area contributed by atoms with E-state index in [-0.39, 0.29) is 6.10 Å². The molecule has 0 spiro atoms. The highest BCUT2D eigenvalue weighted by atomic mass is 32.2. The number of thioether (sulfide) groups is 1. The minimum absolute atomic E-state index is 0.0709. The van der Waals surface area contributed by atoms with Crippen LogP contribution in [0.25, 0.3) is 0 Å². The molecular weight excluding hydrogens is 176 g/mol. The molecule has 1 heterocycles. The van der Waals surface area contributed by atoms with Gasteiger partial charge in [-0.15, -0.1) is 0 Å². The summed E-state index contributed by atoms with van der Waals surface area (Å²) in [5, 5.41) is 4.40. The van der Waals surface area contributed by atoms with Gasteiger partial charge in [-0.3, -0.25) is 0 Å². The van der Waals surface area contributed by atoms with Gasteiger partial charge in [0.2, 0.25) is 5.16 Å². The lowest BCUT2D eigenvalue weighted by molar-refractivity contribution is 0.0706. The molecule has 12 heavy (non-hydrogen) atoms. The second-order valence-corrected chi connectivity index (χ2v) is 3.03. The van der Waals surface area contributed by atoms with Crippen LogP contribution in [0, 0.1) is 0 Å². The fraction of sp³-hybridized carbons (Fsp3) is 0.714. The number of hydrogen-bond donors (Lipinski definition) is 0. The fourth-order valence-electron chi connectivity index (χ4n) is 0.877. The molecular formula is C7H12N2O2S. The fourth-order valence-corrected chi connectivity index (χ4v) is 1.17. The Hall–Kier alpha value is -0.550. The summed E-state index contributed by atoms with van der Waals surface area (Å²) in [6.07, 6.45) is 2.67. The number of rotatable bonds is 4. The lowest BCUT2D eigenvalue weighted by Crippen LogP contribution is -1.99. The third-order valence-corrected chi connectivity index (χ3v) is 2.07. The number of ether oxygens (including phenoxy) is 1. The molecule has 4 nitrogen and oxygen atoms in total. The first-order chi connectivity index (χ1) is 5.81. The van der Waals surface area contributed by atoms with Crippen molar-refractivity contribution in [2.45, 2.75) is 24.6 Å². The van der Waals surface area contributed by atoms with Crippen molar-refractivity contribution in [1.29, 1.82) is 0 Å². The van der Waals surface area contributed by atoms with Crippen LogP contribution in [-0.4, -0.2) is 23.5 Å². The zero-order chi connectivity index (χ0) is 8.97. The van der Waals surface area contributed by atoms with Crippen LogP contribution in [0.5, 0.6) is 0 Å². The molecule has 1 aromatic heterocycles. The van der Waals surface area contributed by atoms with Crippen LogP contribution in [-0.2, 0) is 4.74 Å². The third-order valence-electron chi connectivity index (χ3n) is 1.54. The van der Waals surface area contributed by atoms with Crippen molar-refractivity contribution in [2.24, 2.45) is 0 Å². The number of nitrogens with zero attached hydrogens (tertiary/aromatic N) is 2. The molecule has 0 radical (unpaired) electrons. The lowest BCUT2D eigenvalue weighted by atomic mass is 10.3. The lowest BCUT2D eigenvalue weighted by Gasteiger charge is -2.05. The summed E-state index contributed by atoms with van der Waals surface area (Å²) in [7, 11) is 1.64. The SMILES string of the molecule is CCC(OC)c1nc(SC)no1. The maximum atomic E-state index is 5.14. The third kappa shape index (κ3) is 1.98. The molecule has 0 aliphatic heterocycles. The Morgan fingerprint density at radius 1 is 1.67 bits per heavy atom. The van der Waals surface area contributed by atoms with Gasteiger partial charge in [-0.25, -0.2) is 0 Å². The Labute approximate surface area is 75.7 Å². The molecule has 0 amide bonds. The van der Waals surface area contributed by atoms with Gasteiger partial charge in [0.1, 0.15) is 6.10 Å². The van der Waals surface area contributed by atoms with Crippen LogP contribution in [0.2, 0.25) is 0 Å². The highest BCUT2D eigenvalue weighted by Crippen LogP contribution is 2.20. The van der Waals surface area contributed by atoms with E-state index in [1.165, 1.54) is 11.8 Å². The molecule has 0 aliphatic rings. The molecule has 1 rings (SSSR count). The van der Waals surface area contributed by atoms with Gasteiger partial charge in [0.15, 0.2) is 0 Å². The van der Waals surface area contributed by atoms with E-state index >= 15 is 0 Å². The summed E-state index contributed by atoms with van der Waals surface area (Å²) in [4.78, 5) is 4.13. The molecule has 0 fully saturated rings. The zero-order valence-corrected chi connectivity index (χ0v) is 8.22. The highest BCUT2D eigenvalue weighted by Gasteiger charge is 2.15. The van der Waals surface area contributed by atoms with E-state index in [0.29, 0.717) is 11.0 Å². The van der Waals surface area contributed by atoms with Gasteiger partial charge < -0.3 is 9.26 Å². The van der Waals surface area contributed by atoms with Crippen molar-refractivity contribution in [3.63, 3.8) is 0 Å². The quantitative estimate of drug-likeness (QED) is 0.675. The largest absolute Gasteiger partial charge is 0.372 e. The Morgan fingerprint density at radius 2 is 2.42 bits per heavy atom. The van der Waals surface area contributed by atoms with Crippen molar-refractivity contribution in [3.05, 3.63) is 5.89 Å². The van der Waals surface area contributed by atoms with E-state index in [2.05, 4.69) is 10.1 Å². The van der Waals surface area contributed by atoms with E-state index < -0.39 is 0 Å².